The third-order valence-corrected chi connectivity index (χ3v) is 4.67. The van der Waals surface area contributed by atoms with E-state index in [1.54, 1.807) is 19.1 Å². The van der Waals surface area contributed by atoms with Crippen molar-refractivity contribution in [2.75, 3.05) is 11.9 Å². The molecular formula is C13H14Br2N2O3. The van der Waals surface area contributed by atoms with Crippen LogP contribution in [0.25, 0.3) is 0 Å². The minimum Gasteiger partial charge on any atom is -0.480 e. The van der Waals surface area contributed by atoms with Gasteiger partial charge in [0.1, 0.15) is 5.54 Å². The first-order valence-electron chi connectivity index (χ1n) is 6.11. The van der Waals surface area contributed by atoms with E-state index in [1.165, 1.54) is 4.90 Å². The molecule has 1 aliphatic heterocycles. The summed E-state index contributed by atoms with van der Waals surface area (Å²) in [6, 6.07) is 4.98. The number of carbonyl (C=O) groups excluding carboxylic acids is 1. The molecular weight excluding hydrogens is 392 g/mol. The van der Waals surface area contributed by atoms with E-state index in [9.17, 15) is 14.7 Å². The van der Waals surface area contributed by atoms with Gasteiger partial charge in [-0.15, -0.1) is 0 Å². The lowest BCUT2D eigenvalue weighted by Crippen LogP contribution is -2.52. The molecule has 0 aromatic heterocycles. The van der Waals surface area contributed by atoms with E-state index in [0.717, 1.165) is 8.95 Å². The predicted octanol–water partition coefficient (Wildman–Crippen LogP) is 3.68. The second-order valence-corrected chi connectivity index (χ2v) is 6.66. The molecule has 1 atom stereocenters. The zero-order valence-corrected chi connectivity index (χ0v) is 14.0. The van der Waals surface area contributed by atoms with Crippen LogP contribution < -0.4 is 5.32 Å². The van der Waals surface area contributed by atoms with E-state index in [1.807, 2.05) is 6.07 Å². The second-order valence-electron chi connectivity index (χ2n) is 4.89. The number of rotatable bonds is 2. The zero-order valence-electron chi connectivity index (χ0n) is 10.8. The van der Waals surface area contributed by atoms with Gasteiger partial charge in [-0.05, 0) is 53.9 Å². The molecule has 1 aromatic rings. The van der Waals surface area contributed by atoms with Gasteiger partial charge in [0.05, 0.1) is 5.69 Å². The van der Waals surface area contributed by atoms with Crippen LogP contribution in [0.1, 0.15) is 19.8 Å². The predicted molar refractivity (Wildman–Crippen MR) is 82.8 cm³/mol. The van der Waals surface area contributed by atoms with Crippen LogP contribution in [0.3, 0.4) is 0 Å². The number of likely N-dealkylation sites (tertiary alicyclic amines) is 1. The second kappa shape index (κ2) is 5.73. The Balaban J connectivity index is 2.18. The summed E-state index contributed by atoms with van der Waals surface area (Å²) in [5.41, 5.74) is -0.524. The number of hydrogen-bond donors (Lipinski definition) is 2. The van der Waals surface area contributed by atoms with Crippen molar-refractivity contribution in [1.82, 2.24) is 4.90 Å². The lowest BCUT2D eigenvalue weighted by molar-refractivity contribution is -0.146. The third kappa shape index (κ3) is 2.83. The maximum Gasteiger partial charge on any atom is 0.329 e. The summed E-state index contributed by atoms with van der Waals surface area (Å²) in [4.78, 5) is 25.0. The number of urea groups is 1. The number of carboxylic acid groups (broad SMARTS) is 1. The van der Waals surface area contributed by atoms with Crippen molar-refractivity contribution in [1.29, 1.82) is 0 Å². The monoisotopic (exact) mass is 404 g/mol. The minimum atomic E-state index is -1.13. The molecule has 0 saturated carbocycles. The average Bonchev–Trinajstić information content (AvgIpc) is 2.76. The molecule has 1 unspecified atom stereocenters. The van der Waals surface area contributed by atoms with Crippen molar-refractivity contribution in [3.8, 4) is 0 Å². The molecule has 5 nitrogen and oxygen atoms in total. The molecule has 1 heterocycles. The van der Waals surface area contributed by atoms with Crippen molar-refractivity contribution < 1.29 is 14.7 Å². The first kappa shape index (κ1) is 15.3. The van der Waals surface area contributed by atoms with Crippen LogP contribution in [0.4, 0.5) is 10.5 Å². The summed E-state index contributed by atoms with van der Waals surface area (Å²) in [5, 5.41) is 12.1. The summed E-state index contributed by atoms with van der Waals surface area (Å²) < 4.78 is 1.62. The van der Waals surface area contributed by atoms with Crippen LogP contribution in [-0.4, -0.2) is 34.1 Å². The summed E-state index contributed by atoms with van der Waals surface area (Å²) in [6.07, 6.45) is 1.16. The topological polar surface area (TPSA) is 69.6 Å². The van der Waals surface area contributed by atoms with Gasteiger partial charge in [0.25, 0.3) is 0 Å². The molecule has 0 radical (unpaired) electrons. The molecule has 1 aliphatic rings. The fourth-order valence-electron chi connectivity index (χ4n) is 2.28. The van der Waals surface area contributed by atoms with Gasteiger partial charge in [-0.3, -0.25) is 0 Å². The van der Waals surface area contributed by atoms with Gasteiger partial charge in [0.2, 0.25) is 0 Å². The molecule has 2 amide bonds. The van der Waals surface area contributed by atoms with E-state index >= 15 is 0 Å². The molecule has 7 heteroatoms. The van der Waals surface area contributed by atoms with Crippen molar-refractivity contribution in [3.05, 3.63) is 27.1 Å². The van der Waals surface area contributed by atoms with E-state index in [4.69, 9.17) is 0 Å². The number of carbonyl (C=O) groups is 2. The molecule has 0 aliphatic carbocycles. The quantitative estimate of drug-likeness (QED) is 0.788. The largest absolute Gasteiger partial charge is 0.480 e. The smallest absolute Gasteiger partial charge is 0.329 e. The third-order valence-electron chi connectivity index (χ3n) is 3.52. The van der Waals surface area contributed by atoms with Gasteiger partial charge >= 0.3 is 12.0 Å². The average molecular weight is 406 g/mol. The molecule has 1 fully saturated rings. The molecule has 0 bridgehead atoms. The minimum absolute atomic E-state index is 0.393. The van der Waals surface area contributed by atoms with Gasteiger partial charge < -0.3 is 15.3 Å². The Bertz CT molecular complexity index is 565. The maximum absolute atomic E-state index is 12.3. The number of carboxylic acids is 1. The fraction of sp³-hybridized carbons (Fsp3) is 0.385. The number of nitrogens with zero attached hydrogens (tertiary/aromatic N) is 1. The number of benzene rings is 1. The molecule has 1 saturated heterocycles. The Kier molecular flexibility index (Phi) is 4.39. The zero-order chi connectivity index (χ0) is 14.9. The molecule has 20 heavy (non-hydrogen) atoms. The van der Waals surface area contributed by atoms with Crippen molar-refractivity contribution in [3.63, 3.8) is 0 Å². The summed E-state index contributed by atoms with van der Waals surface area (Å²) in [6.45, 7) is 2.03. The standard InChI is InChI=1S/C13H14Br2N2O3/c1-13(11(18)19)5-2-6-17(13)12(20)16-10-4-3-8(14)7-9(10)15/h3-4,7H,2,5-6H2,1H3,(H,16,20)(H,18,19). The summed E-state index contributed by atoms with van der Waals surface area (Å²) in [5.74, 6) is -0.972. The Morgan fingerprint density at radius 3 is 2.70 bits per heavy atom. The Morgan fingerprint density at radius 1 is 1.40 bits per heavy atom. The number of amides is 2. The van der Waals surface area contributed by atoms with Gasteiger partial charge in [-0.2, -0.15) is 0 Å². The highest BCUT2D eigenvalue weighted by molar-refractivity contribution is 9.11. The van der Waals surface area contributed by atoms with Crippen LogP contribution in [-0.2, 0) is 4.79 Å². The maximum atomic E-state index is 12.3. The molecule has 0 spiro atoms. The normalized spacial score (nSPS) is 21.9. The van der Waals surface area contributed by atoms with E-state index in [0.29, 0.717) is 25.1 Å². The number of halogens is 2. The SMILES string of the molecule is CC1(C(=O)O)CCCN1C(=O)Nc1ccc(Br)cc1Br. The van der Waals surface area contributed by atoms with Crippen molar-refractivity contribution >= 4 is 49.5 Å². The lowest BCUT2D eigenvalue weighted by Gasteiger charge is -2.31. The Hall–Kier alpha value is -1.08. The van der Waals surface area contributed by atoms with Crippen molar-refractivity contribution in [2.24, 2.45) is 0 Å². The van der Waals surface area contributed by atoms with Crippen LogP contribution in [0, 0.1) is 0 Å². The fourth-order valence-corrected chi connectivity index (χ4v) is 3.43. The molecule has 2 rings (SSSR count). The van der Waals surface area contributed by atoms with Crippen LogP contribution in [0.15, 0.2) is 27.1 Å². The number of nitrogens with one attached hydrogen (secondary N) is 1. The van der Waals surface area contributed by atoms with Gasteiger partial charge in [0, 0.05) is 15.5 Å². The van der Waals surface area contributed by atoms with E-state index in [-0.39, 0.29) is 0 Å². The van der Waals surface area contributed by atoms with Gasteiger partial charge in [-0.1, -0.05) is 15.9 Å². The Labute approximate surface area is 133 Å². The highest BCUT2D eigenvalue weighted by Crippen LogP contribution is 2.31. The number of hydrogen-bond acceptors (Lipinski definition) is 2. The highest BCUT2D eigenvalue weighted by Gasteiger charge is 2.46. The molecule has 1 aromatic carbocycles. The van der Waals surface area contributed by atoms with Gasteiger partial charge in [0.15, 0.2) is 0 Å². The van der Waals surface area contributed by atoms with Crippen LogP contribution in [0.2, 0.25) is 0 Å². The lowest BCUT2D eigenvalue weighted by atomic mass is 10.00. The first-order valence-corrected chi connectivity index (χ1v) is 7.70. The highest BCUT2D eigenvalue weighted by atomic mass is 79.9. The number of anilines is 1. The van der Waals surface area contributed by atoms with E-state index < -0.39 is 17.5 Å². The van der Waals surface area contributed by atoms with Crippen molar-refractivity contribution in [2.45, 2.75) is 25.3 Å². The van der Waals surface area contributed by atoms with Crippen LogP contribution in [0.5, 0.6) is 0 Å². The van der Waals surface area contributed by atoms with Gasteiger partial charge in [-0.25, -0.2) is 9.59 Å². The molecule has 108 valence electrons. The Morgan fingerprint density at radius 2 is 2.10 bits per heavy atom. The number of aliphatic carboxylic acids is 1. The molecule has 2 N–H and O–H groups in total. The summed E-state index contributed by atoms with van der Waals surface area (Å²) in [7, 11) is 0. The van der Waals surface area contributed by atoms with E-state index in [2.05, 4.69) is 37.2 Å². The summed E-state index contributed by atoms with van der Waals surface area (Å²) >= 11 is 6.70. The van der Waals surface area contributed by atoms with Crippen LogP contribution >= 0.6 is 31.9 Å². The first-order chi connectivity index (χ1) is 9.34.